The van der Waals surface area contributed by atoms with E-state index in [4.69, 9.17) is 4.98 Å². The second-order valence-corrected chi connectivity index (χ2v) is 6.70. The predicted molar refractivity (Wildman–Crippen MR) is 108 cm³/mol. The summed E-state index contributed by atoms with van der Waals surface area (Å²) in [5.74, 6) is 0. The standard InChI is InChI=1S/C23H19N3/c1-25-14-6-11-19(25)21-16-8-3-4-9-17(16)22(20-12-7-15-26(20)2)23-18(21)10-5-13-24-23/h3-15H,1-2H3. The van der Waals surface area contributed by atoms with Gasteiger partial charge in [0.2, 0.25) is 0 Å². The highest BCUT2D eigenvalue weighted by Gasteiger charge is 2.19. The third kappa shape index (κ3) is 2.04. The third-order valence-electron chi connectivity index (χ3n) is 5.18. The molecule has 0 saturated heterocycles. The van der Waals surface area contributed by atoms with Gasteiger partial charge in [0.1, 0.15) is 0 Å². The molecule has 26 heavy (non-hydrogen) atoms. The zero-order valence-corrected chi connectivity index (χ0v) is 14.8. The van der Waals surface area contributed by atoms with Gasteiger partial charge in [-0.25, -0.2) is 0 Å². The first-order valence-electron chi connectivity index (χ1n) is 8.78. The first-order valence-corrected chi connectivity index (χ1v) is 8.78. The number of pyridine rings is 1. The van der Waals surface area contributed by atoms with E-state index in [1.54, 1.807) is 0 Å². The Labute approximate surface area is 152 Å². The summed E-state index contributed by atoms with van der Waals surface area (Å²) in [6.45, 7) is 0. The van der Waals surface area contributed by atoms with Crippen molar-refractivity contribution >= 4 is 21.7 Å². The molecule has 0 aliphatic heterocycles. The fraction of sp³-hybridized carbons (Fsp3) is 0.0870. The molecule has 3 heterocycles. The number of fused-ring (bicyclic) bond motifs is 2. The minimum atomic E-state index is 1.05. The van der Waals surface area contributed by atoms with Crippen LogP contribution in [0.25, 0.3) is 44.2 Å². The summed E-state index contributed by atoms with van der Waals surface area (Å²) in [5, 5.41) is 3.67. The second kappa shape index (κ2) is 5.60. The Kier molecular flexibility index (Phi) is 3.22. The number of benzene rings is 2. The van der Waals surface area contributed by atoms with E-state index in [0.29, 0.717) is 0 Å². The minimum Gasteiger partial charge on any atom is -0.351 e. The van der Waals surface area contributed by atoms with Gasteiger partial charge in [0.05, 0.1) is 11.2 Å². The van der Waals surface area contributed by atoms with Crippen molar-refractivity contribution < 1.29 is 0 Å². The number of aryl methyl sites for hydroxylation is 2. The lowest BCUT2D eigenvalue weighted by Gasteiger charge is -2.17. The van der Waals surface area contributed by atoms with Crippen LogP contribution < -0.4 is 0 Å². The third-order valence-corrected chi connectivity index (χ3v) is 5.18. The maximum atomic E-state index is 4.81. The highest BCUT2D eigenvalue weighted by Crippen LogP contribution is 2.42. The first kappa shape index (κ1) is 15.0. The van der Waals surface area contributed by atoms with E-state index in [1.807, 2.05) is 12.3 Å². The molecular weight excluding hydrogens is 318 g/mol. The van der Waals surface area contributed by atoms with Gasteiger partial charge in [0.25, 0.3) is 0 Å². The molecule has 0 aliphatic carbocycles. The summed E-state index contributed by atoms with van der Waals surface area (Å²) in [6, 6.07) is 21.4. The lowest BCUT2D eigenvalue weighted by atomic mass is 9.91. The Morgan fingerprint density at radius 2 is 1.19 bits per heavy atom. The maximum absolute atomic E-state index is 4.81. The zero-order valence-electron chi connectivity index (χ0n) is 14.8. The van der Waals surface area contributed by atoms with Gasteiger partial charge in [-0.3, -0.25) is 4.98 Å². The molecule has 5 rings (SSSR count). The Morgan fingerprint density at radius 3 is 1.81 bits per heavy atom. The second-order valence-electron chi connectivity index (χ2n) is 6.70. The Morgan fingerprint density at radius 1 is 0.615 bits per heavy atom. The van der Waals surface area contributed by atoms with E-state index in [1.165, 1.54) is 38.7 Å². The van der Waals surface area contributed by atoms with Gasteiger partial charge in [-0.05, 0) is 41.1 Å². The highest BCUT2D eigenvalue weighted by atomic mass is 14.9. The van der Waals surface area contributed by atoms with Gasteiger partial charge in [-0.1, -0.05) is 30.3 Å². The summed E-state index contributed by atoms with van der Waals surface area (Å²) in [4.78, 5) is 4.81. The van der Waals surface area contributed by atoms with E-state index >= 15 is 0 Å². The number of aromatic nitrogens is 3. The smallest absolute Gasteiger partial charge is 0.0808 e. The minimum absolute atomic E-state index is 1.05. The molecule has 0 fully saturated rings. The monoisotopic (exact) mass is 337 g/mol. The molecule has 0 bridgehead atoms. The summed E-state index contributed by atoms with van der Waals surface area (Å²) >= 11 is 0. The number of nitrogens with zero attached hydrogens (tertiary/aromatic N) is 3. The van der Waals surface area contributed by atoms with Crippen molar-refractivity contribution in [1.82, 2.24) is 14.1 Å². The van der Waals surface area contributed by atoms with Crippen LogP contribution in [0, 0.1) is 0 Å². The largest absolute Gasteiger partial charge is 0.351 e. The van der Waals surface area contributed by atoms with E-state index < -0.39 is 0 Å². The van der Waals surface area contributed by atoms with Crippen molar-refractivity contribution in [2.75, 3.05) is 0 Å². The molecule has 0 radical (unpaired) electrons. The number of hydrogen-bond acceptors (Lipinski definition) is 1. The molecule has 0 aliphatic rings. The van der Waals surface area contributed by atoms with Crippen LogP contribution >= 0.6 is 0 Å². The van der Waals surface area contributed by atoms with Crippen molar-refractivity contribution in [3.63, 3.8) is 0 Å². The molecule has 0 amide bonds. The highest BCUT2D eigenvalue weighted by molar-refractivity contribution is 6.19. The van der Waals surface area contributed by atoms with Gasteiger partial charge >= 0.3 is 0 Å². The first-order chi connectivity index (χ1) is 12.8. The molecule has 2 aromatic carbocycles. The lowest BCUT2D eigenvalue weighted by Crippen LogP contribution is -1.97. The van der Waals surface area contributed by atoms with Crippen molar-refractivity contribution in [2.24, 2.45) is 14.1 Å². The van der Waals surface area contributed by atoms with Gasteiger partial charge in [0, 0.05) is 54.9 Å². The van der Waals surface area contributed by atoms with E-state index in [9.17, 15) is 0 Å². The van der Waals surface area contributed by atoms with Crippen molar-refractivity contribution in [1.29, 1.82) is 0 Å². The normalized spacial score (nSPS) is 11.5. The van der Waals surface area contributed by atoms with Gasteiger partial charge in [-0.15, -0.1) is 0 Å². The fourth-order valence-corrected chi connectivity index (χ4v) is 3.97. The molecule has 126 valence electrons. The molecule has 3 aromatic heterocycles. The van der Waals surface area contributed by atoms with Crippen LogP contribution in [0.2, 0.25) is 0 Å². The Hall–Kier alpha value is -3.33. The molecule has 0 spiro atoms. The molecule has 3 nitrogen and oxygen atoms in total. The number of rotatable bonds is 2. The lowest BCUT2D eigenvalue weighted by molar-refractivity contribution is 0.937. The summed E-state index contributed by atoms with van der Waals surface area (Å²) in [6.07, 6.45) is 6.07. The summed E-state index contributed by atoms with van der Waals surface area (Å²) in [5.41, 5.74) is 5.88. The van der Waals surface area contributed by atoms with Gasteiger partial charge < -0.3 is 9.13 Å². The van der Waals surface area contributed by atoms with Crippen molar-refractivity contribution in [3.8, 4) is 22.5 Å². The maximum Gasteiger partial charge on any atom is 0.0808 e. The number of hydrogen-bond donors (Lipinski definition) is 0. The average Bonchev–Trinajstić information content (AvgIpc) is 3.28. The Balaban J connectivity index is 2.06. The van der Waals surface area contributed by atoms with Crippen LogP contribution in [0.4, 0.5) is 0 Å². The molecule has 3 heteroatoms. The molecule has 0 unspecified atom stereocenters. The quantitative estimate of drug-likeness (QED) is 0.396. The molecular formula is C23H19N3. The van der Waals surface area contributed by atoms with Crippen LogP contribution in [0.1, 0.15) is 0 Å². The average molecular weight is 337 g/mol. The van der Waals surface area contributed by atoms with Crippen LogP contribution in [0.5, 0.6) is 0 Å². The predicted octanol–water partition coefficient (Wildman–Crippen LogP) is 5.40. The van der Waals surface area contributed by atoms with Crippen LogP contribution in [0.15, 0.2) is 79.3 Å². The van der Waals surface area contributed by atoms with Crippen LogP contribution in [0.3, 0.4) is 0 Å². The van der Waals surface area contributed by atoms with Crippen molar-refractivity contribution in [2.45, 2.75) is 0 Å². The van der Waals surface area contributed by atoms with E-state index in [-0.39, 0.29) is 0 Å². The fourth-order valence-electron chi connectivity index (χ4n) is 3.97. The Bertz CT molecular complexity index is 1100. The van der Waals surface area contributed by atoms with Gasteiger partial charge in [-0.2, -0.15) is 0 Å². The molecule has 0 atom stereocenters. The zero-order chi connectivity index (χ0) is 17.7. The molecule has 5 aromatic rings. The van der Waals surface area contributed by atoms with E-state index in [2.05, 4.69) is 90.2 Å². The SMILES string of the molecule is Cn1cccc1-c1c2ccccc2c(-c2cccn2C)c2ncccc12. The van der Waals surface area contributed by atoms with Crippen LogP contribution in [-0.2, 0) is 14.1 Å². The molecule has 0 saturated carbocycles. The summed E-state index contributed by atoms with van der Waals surface area (Å²) < 4.78 is 4.34. The van der Waals surface area contributed by atoms with E-state index in [0.717, 1.165) is 5.52 Å². The van der Waals surface area contributed by atoms with Crippen LogP contribution in [-0.4, -0.2) is 14.1 Å². The van der Waals surface area contributed by atoms with Gasteiger partial charge in [0.15, 0.2) is 0 Å². The van der Waals surface area contributed by atoms with Crippen molar-refractivity contribution in [3.05, 3.63) is 79.3 Å². The molecule has 0 N–H and O–H groups in total. The topological polar surface area (TPSA) is 22.8 Å². The summed E-state index contributed by atoms with van der Waals surface area (Å²) in [7, 11) is 4.18.